The van der Waals surface area contributed by atoms with Crippen molar-refractivity contribution in [3.05, 3.63) is 114 Å². The van der Waals surface area contributed by atoms with E-state index in [0.29, 0.717) is 25.9 Å². The maximum absolute atomic E-state index is 14.1. The number of benzene rings is 3. The van der Waals surface area contributed by atoms with Gasteiger partial charge in [0.1, 0.15) is 0 Å². The molecule has 0 atom stereocenters. The Labute approximate surface area is 219 Å². The third-order valence-corrected chi connectivity index (χ3v) is 7.78. The molecule has 0 radical (unpaired) electrons. The number of alkyl halides is 3. The summed E-state index contributed by atoms with van der Waals surface area (Å²) in [6.07, 6.45) is -1.98. The van der Waals surface area contributed by atoms with Crippen LogP contribution < -0.4 is 4.90 Å². The lowest BCUT2D eigenvalue weighted by Gasteiger charge is -2.38. The van der Waals surface area contributed by atoms with Gasteiger partial charge in [0.15, 0.2) is 0 Å². The van der Waals surface area contributed by atoms with Crippen LogP contribution in [0.1, 0.15) is 29.7 Å². The van der Waals surface area contributed by atoms with Crippen LogP contribution in [0.2, 0.25) is 0 Å². The van der Waals surface area contributed by atoms with Crippen molar-refractivity contribution in [3.63, 3.8) is 0 Å². The molecule has 2 aliphatic heterocycles. The number of halogens is 3. The zero-order chi connectivity index (χ0) is 26.3. The molecule has 0 unspecified atom stereocenters. The van der Waals surface area contributed by atoms with Gasteiger partial charge in [-0.2, -0.15) is 13.2 Å². The van der Waals surface area contributed by atoms with Crippen LogP contribution in [0.5, 0.6) is 0 Å². The minimum absolute atomic E-state index is 0.0224. The second-order valence-electron chi connectivity index (χ2n) is 9.92. The number of likely N-dealkylation sites (tertiary alicyclic amines) is 1. The number of carbonyl (C=O) groups is 1. The van der Waals surface area contributed by atoms with Gasteiger partial charge in [0.25, 0.3) is 0 Å². The van der Waals surface area contributed by atoms with Gasteiger partial charge >= 0.3 is 6.18 Å². The molecule has 6 rings (SSSR count). The topological polar surface area (TPSA) is 36.4 Å². The molecule has 1 fully saturated rings. The van der Waals surface area contributed by atoms with Crippen LogP contribution in [0.3, 0.4) is 0 Å². The smallest absolute Gasteiger partial charge is 0.297 e. The molecular formula is C31H26F3N3O. The molecule has 0 saturated carbocycles. The van der Waals surface area contributed by atoms with E-state index in [1.807, 2.05) is 71.6 Å². The maximum Gasteiger partial charge on any atom is 0.418 e. The molecular weight excluding hydrogens is 487 g/mol. The van der Waals surface area contributed by atoms with E-state index in [0.717, 1.165) is 34.1 Å². The van der Waals surface area contributed by atoms with Crippen LogP contribution in [-0.4, -0.2) is 28.9 Å². The summed E-state index contributed by atoms with van der Waals surface area (Å²) < 4.78 is 40.4. The number of para-hydroxylation sites is 1. The number of pyridine rings is 1. The van der Waals surface area contributed by atoms with Crippen LogP contribution in [0.15, 0.2) is 97.2 Å². The molecule has 2 aliphatic rings. The fourth-order valence-corrected chi connectivity index (χ4v) is 5.81. The SMILES string of the molecule is O=C1N(c2ccc(-c3ccccc3)cc2)c2ccccc2C12CCN(Cc1ncccc1C(F)(F)F)CC2. The van der Waals surface area contributed by atoms with E-state index in [-0.39, 0.29) is 18.1 Å². The molecule has 0 bridgehead atoms. The van der Waals surface area contributed by atoms with Crippen molar-refractivity contribution in [2.24, 2.45) is 0 Å². The molecule has 7 heteroatoms. The molecule has 1 saturated heterocycles. The van der Waals surface area contributed by atoms with Crippen molar-refractivity contribution in [3.8, 4) is 11.1 Å². The number of amides is 1. The lowest BCUT2D eigenvalue weighted by molar-refractivity contribution is -0.138. The molecule has 3 aromatic carbocycles. The number of hydrogen-bond donors (Lipinski definition) is 0. The lowest BCUT2D eigenvalue weighted by Crippen LogP contribution is -2.47. The number of fused-ring (bicyclic) bond motifs is 2. The average Bonchev–Trinajstić information content (AvgIpc) is 3.17. The molecule has 1 spiro atoms. The summed E-state index contributed by atoms with van der Waals surface area (Å²) in [5, 5.41) is 0. The lowest BCUT2D eigenvalue weighted by atomic mass is 9.73. The average molecular weight is 514 g/mol. The molecule has 1 aromatic heterocycles. The molecule has 38 heavy (non-hydrogen) atoms. The number of anilines is 2. The van der Waals surface area contributed by atoms with Gasteiger partial charge in [-0.3, -0.25) is 19.6 Å². The Kier molecular flexibility index (Phi) is 6.03. The minimum Gasteiger partial charge on any atom is -0.297 e. The highest BCUT2D eigenvalue weighted by Crippen LogP contribution is 2.50. The molecule has 1 amide bonds. The highest BCUT2D eigenvalue weighted by atomic mass is 19.4. The van der Waals surface area contributed by atoms with E-state index in [2.05, 4.69) is 17.1 Å². The first-order valence-corrected chi connectivity index (χ1v) is 12.7. The first-order valence-electron chi connectivity index (χ1n) is 12.7. The Morgan fingerprint density at radius 1 is 0.789 bits per heavy atom. The van der Waals surface area contributed by atoms with Crippen molar-refractivity contribution < 1.29 is 18.0 Å². The number of nitrogens with zero attached hydrogens (tertiary/aromatic N) is 3. The Bertz CT molecular complexity index is 1460. The van der Waals surface area contributed by atoms with Crippen LogP contribution >= 0.6 is 0 Å². The monoisotopic (exact) mass is 513 g/mol. The Morgan fingerprint density at radius 3 is 2.16 bits per heavy atom. The van der Waals surface area contributed by atoms with E-state index in [4.69, 9.17) is 0 Å². The van der Waals surface area contributed by atoms with Crippen LogP contribution in [0, 0.1) is 0 Å². The molecule has 4 aromatic rings. The first-order chi connectivity index (χ1) is 18.4. The Morgan fingerprint density at radius 2 is 1.45 bits per heavy atom. The van der Waals surface area contributed by atoms with Gasteiger partial charge in [0.2, 0.25) is 5.91 Å². The summed E-state index contributed by atoms with van der Waals surface area (Å²) in [6, 6.07) is 28.4. The predicted octanol–water partition coefficient (Wildman–Crippen LogP) is 6.98. The van der Waals surface area contributed by atoms with Gasteiger partial charge in [0, 0.05) is 18.4 Å². The highest BCUT2D eigenvalue weighted by Gasteiger charge is 2.52. The fraction of sp³-hybridized carbons (Fsp3) is 0.226. The van der Waals surface area contributed by atoms with Gasteiger partial charge in [-0.15, -0.1) is 0 Å². The fourth-order valence-electron chi connectivity index (χ4n) is 5.81. The van der Waals surface area contributed by atoms with E-state index < -0.39 is 17.2 Å². The van der Waals surface area contributed by atoms with Gasteiger partial charge in [-0.05, 0) is 73.0 Å². The number of rotatable bonds is 4. The zero-order valence-electron chi connectivity index (χ0n) is 20.7. The largest absolute Gasteiger partial charge is 0.418 e. The number of aromatic nitrogens is 1. The van der Waals surface area contributed by atoms with Crippen LogP contribution in [0.25, 0.3) is 11.1 Å². The second kappa shape index (κ2) is 9.40. The van der Waals surface area contributed by atoms with E-state index in [1.165, 1.54) is 12.3 Å². The molecule has 192 valence electrons. The standard InChI is InChI=1S/C31H26F3N3O/c32-31(33,34)25-10-6-18-35-27(25)21-36-19-16-30(17-20-36)26-9-4-5-11-28(26)37(29(30)38)24-14-12-23(13-15-24)22-7-2-1-3-8-22/h1-15,18H,16-17,19-21H2. The number of carbonyl (C=O) groups excluding carboxylic acids is 1. The number of hydrogen-bond acceptors (Lipinski definition) is 3. The summed E-state index contributed by atoms with van der Waals surface area (Å²) >= 11 is 0. The zero-order valence-corrected chi connectivity index (χ0v) is 20.7. The van der Waals surface area contributed by atoms with Crippen molar-refractivity contribution in [2.75, 3.05) is 18.0 Å². The van der Waals surface area contributed by atoms with Gasteiger partial charge in [0.05, 0.1) is 22.4 Å². The van der Waals surface area contributed by atoms with Gasteiger partial charge < -0.3 is 0 Å². The second-order valence-corrected chi connectivity index (χ2v) is 9.92. The van der Waals surface area contributed by atoms with Crippen molar-refractivity contribution in [1.29, 1.82) is 0 Å². The number of piperidine rings is 1. The molecule has 0 aliphatic carbocycles. The Balaban J connectivity index is 1.25. The Hall–Kier alpha value is -3.97. The van der Waals surface area contributed by atoms with E-state index in [9.17, 15) is 18.0 Å². The third kappa shape index (κ3) is 4.17. The van der Waals surface area contributed by atoms with Crippen molar-refractivity contribution >= 4 is 17.3 Å². The van der Waals surface area contributed by atoms with Crippen LogP contribution in [0.4, 0.5) is 24.5 Å². The maximum atomic E-state index is 14.1. The molecule has 3 heterocycles. The first kappa shape index (κ1) is 24.4. The summed E-state index contributed by atoms with van der Waals surface area (Å²) in [5.74, 6) is 0.0274. The van der Waals surface area contributed by atoms with Crippen molar-refractivity contribution in [2.45, 2.75) is 31.0 Å². The van der Waals surface area contributed by atoms with Crippen molar-refractivity contribution in [1.82, 2.24) is 9.88 Å². The summed E-state index contributed by atoms with van der Waals surface area (Å²) in [6.45, 7) is 1.12. The predicted molar refractivity (Wildman–Crippen MR) is 141 cm³/mol. The van der Waals surface area contributed by atoms with E-state index >= 15 is 0 Å². The quantitative estimate of drug-likeness (QED) is 0.295. The normalized spacial score (nSPS) is 17.1. The van der Waals surface area contributed by atoms with Gasteiger partial charge in [-0.25, -0.2) is 0 Å². The molecule has 0 N–H and O–H groups in total. The summed E-state index contributed by atoms with van der Waals surface area (Å²) in [7, 11) is 0. The van der Waals surface area contributed by atoms with Crippen LogP contribution in [-0.2, 0) is 22.9 Å². The van der Waals surface area contributed by atoms with E-state index in [1.54, 1.807) is 4.90 Å². The minimum atomic E-state index is -4.45. The van der Waals surface area contributed by atoms with Gasteiger partial charge in [-0.1, -0.05) is 60.7 Å². The molecule has 4 nitrogen and oxygen atoms in total. The third-order valence-electron chi connectivity index (χ3n) is 7.78. The summed E-state index contributed by atoms with van der Waals surface area (Å²) in [4.78, 5) is 21.9. The summed E-state index contributed by atoms with van der Waals surface area (Å²) in [5.41, 5.74) is 3.49. The highest BCUT2D eigenvalue weighted by molar-refractivity contribution is 6.13.